The van der Waals surface area contributed by atoms with Crippen LogP contribution >= 0.6 is 34.8 Å². The van der Waals surface area contributed by atoms with Gasteiger partial charge in [-0.3, -0.25) is 9.59 Å². The van der Waals surface area contributed by atoms with Crippen LogP contribution in [0.4, 0.5) is 15.8 Å². The van der Waals surface area contributed by atoms with Crippen LogP contribution in [0.3, 0.4) is 0 Å². The molecule has 1 saturated heterocycles. The Morgan fingerprint density at radius 1 is 1.12 bits per heavy atom. The first-order valence-corrected chi connectivity index (χ1v) is 8.50. The van der Waals surface area contributed by atoms with Crippen LogP contribution in [0.25, 0.3) is 0 Å². The standard InChI is InChI=1S/C17H12Cl3FN2O2/c18-10-6-12(20)14(7-11(10)19)22-17(25)9-5-16(24)23(8-9)15-4-2-1-3-13(15)21/h1-4,6-7,9H,5,8H2,(H,22,25). The molecule has 3 rings (SSSR count). The van der Waals surface area contributed by atoms with Gasteiger partial charge in [-0.25, -0.2) is 4.39 Å². The number of nitrogens with zero attached hydrogens (tertiary/aromatic N) is 1. The van der Waals surface area contributed by atoms with Gasteiger partial charge in [0.05, 0.1) is 32.4 Å². The van der Waals surface area contributed by atoms with Gasteiger partial charge in [0, 0.05) is 13.0 Å². The zero-order valence-electron chi connectivity index (χ0n) is 12.7. The van der Waals surface area contributed by atoms with Crippen LogP contribution in [-0.2, 0) is 9.59 Å². The van der Waals surface area contributed by atoms with Gasteiger partial charge in [0.1, 0.15) is 5.82 Å². The predicted octanol–water partition coefficient (Wildman–Crippen LogP) is 4.78. The van der Waals surface area contributed by atoms with Crippen LogP contribution < -0.4 is 10.2 Å². The number of para-hydroxylation sites is 1. The van der Waals surface area contributed by atoms with Gasteiger partial charge in [-0.15, -0.1) is 0 Å². The molecule has 1 unspecified atom stereocenters. The first-order valence-electron chi connectivity index (χ1n) is 7.37. The highest BCUT2D eigenvalue weighted by molar-refractivity contribution is 6.44. The lowest BCUT2D eigenvalue weighted by Gasteiger charge is -2.17. The molecule has 4 nitrogen and oxygen atoms in total. The summed E-state index contributed by atoms with van der Waals surface area (Å²) in [7, 11) is 0. The molecule has 130 valence electrons. The summed E-state index contributed by atoms with van der Waals surface area (Å²) in [4.78, 5) is 25.9. The number of anilines is 2. The molecule has 0 spiro atoms. The normalized spacial score (nSPS) is 17.0. The SMILES string of the molecule is O=C(Nc1cc(Cl)c(Cl)cc1Cl)C1CC(=O)N(c2ccccc2F)C1. The van der Waals surface area contributed by atoms with E-state index in [1.807, 2.05) is 0 Å². The Hall–Kier alpha value is -1.82. The third-order valence-corrected chi connectivity index (χ3v) is 4.94. The van der Waals surface area contributed by atoms with Gasteiger partial charge in [0.2, 0.25) is 11.8 Å². The molecular formula is C17H12Cl3FN2O2. The Balaban J connectivity index is 1.75. The molecule has 1 atom stereocenters. The van der Waals surface area contributed by atoms with Crippen LogP contribution in [-0.4, -0.2) is 18.4 Å². The van der Waals surface area contributed by atoms with Crippen molar-refractivity contribution >= 4 is 58.0 Å². The van der Waals surface area contributed by atoms with E-state index in [0.29, 0.717) is 5.69 Å². The molecule has 0 saturated carbocycles. The van der Waals surface area contributed by atoms with Crippen molar-refractivity contribution in [1.82, 2.24) is 0 Å². The lowest BCUT2D eigenvalue weighted by atomic mass is 10.1. The molecule has 1 fully saturated rings. The molecule has 1 N–H and O–H groups in total. The van der Waals surface area contributed by atoms with Gasteiger partial charge in [0.25, 0.3) is 0 Å². The minimum Gasteiger partial charge on any atom is -0.324 e. The summed E-state index contributed by atoms with van der Waals surface area (Å²) in [6.45, 7) is 0.0878. The Bertz CT molecular complexity index is 860. The quantitative estimate of drug-likeness (QED) is 0.753. The van der Waals surface area contributed by atoms with E-state index in [1.165, 1.54) is 35.2 Å². The second kappa shape index (κ2) is 7.20. The third kappa shape index (κ3) is 3.73. The maximum atomic E-state index is 13.9. The van der Waals surface area contributed by atoms with Gasteiger partial charge < -0.3 is 10.2 Å². The van der Waals surface area contributed by atoms with Crippen LogP contribution in [0.2, 0.25) is 15.1 Å². The van der Waals surface area contributed by atoms with E-state index >= 15 is 0 Å². The molecule has 8 heteroatoms. The zero-order valence-corrected chi connectivity index (χ0v) is 15.0. The second-order valence-corrected chi connectivity index (χ2v) is 6.81. The predicted molar refractivity (Wildman–Crippen MR) is 97.0 cm³/mol. The lowest BCUT2D eigenvalue weighted by molar-refractivity contribution is -0.122. The van der Waals surface area contributed by atoms with Crippen molar-refractivity contribution in [1.29, 1.82) is 0 Å². The number of hydrogen-bond donors (Lipinski definition) is 1. The van der Waals surface area contributed by atoms with E-state index in [-0.39, 0.29) is 39.6 Å². The fraction of sp³-hybridized carbons (Fsp3) is 0.176. The number of carbonyl (C=O) groups is 2. The Morgan fingerprint density at radius 3 is 2.52 bits per heavy atom. The summed E-state index contributed by atoms with van der Waals surface area (Å²) >= 11 is 17.8. The molecule has 25 heavy (non-hydrogen) atoms. The smallest absolute Gasteiger partial charge is 0.229 e. The van der Waals surface area contributed by atoms with Crippen molar-refractivity contribution < 1.29 is 14.0 Å². The maximum Gasteiger partial charge on any atom is 0.229 e. The van der Waals surface area contributed by atoms with Gasteiger partial charge >= 0.3 is 0 Å². The molecule has 2 aromatic rings. The molecular weight excluding hydrogens is 390 g/mol. The summed E-state index contributed by atoms with van der Waals surface area (Å²) in [5.74, 6) is -1.85. The van der Waals surface area contributed by atoms with E-state index in [2.05, 4.69) is 5.32 Å². The van der Waals surface area contributed by atoms with Crippen LogP contribution in [0.5, 0.6) is 0 Å². The van der Waals surface area contributed by atoms with Crippen LogP contribution in [0.1, 0.15) is 6.42 Å². The second-order valence-electron chi connectivity index (χ2n) is 5.59. The third-order valence-electron chi connectivity index (χ3n) is 3.91. The maximum absolute atomic E-state index is 13.9. The van der Waals surface area contributed by atoms with E-state index in [4.69, 9.17) is 34.8 Å². The minimum absolute atomic E-state index is 0.0148. The average molecular weight is 402 g/mol. The van der Waals surface area contributed by atoms with Crippen molar-refractivity contribution in [3.63, 3.8) is 0 Å². The highest BCUT2D eigenvalue weighted by Crippen LogP contribution is 2.33. The minimum atomic E-state index is -0.627. The Kier molecular flexibility index (Phi) is 5.18. The van der Waals surface area contributed by atoms with Crippen LogP contribution in [0, 0.1) is 11.7 Å². The summed E-state index contributed by atoms with van der Waals surface area (Å²) in [5, 5.41) is 3.39. The number of halogens is 4. The molecule has 1 aliphatic rings. The number of rotatable bonds is 3. The van der Waals surface area contributed by atoms with Gasteiger partial charge in [-0.2, -0.15) is 0 Å². The largest absolute Gasteiger partial charge is 0.324 e. The van der Waals surface area contributed by atoms with E-state index in [9.17, 15) is 14.0 Å². The fourth-order valence-corrected chi connectivity index (χ4v) is 3.23. The number of carbonyl (C=O) groups excluding carboxylic acids is 2. The summed E-state index contributed by atoms with van der Waals surface area (Å²) in [6.07, 6.45) is -0.0148. The fourth-order valence-electron chi connectivity index (χ4n) is 2.64. The Labute approximate surface area is 158 Å². The van der Waals surface area contributed by atoms with Gasteiger partial charge in [0.15, 0.2) is 0 Å². The van der Waals surface area contributed by atoms with Crippen molar-refractivity contribution in [2.75, 3.05) is 16.8 Å². The topological polar surface area (TPSA) is 49.4 Å². The number of hydrogen-bond acceptors (Lipinski definition) is 2. The zero-order chi connectivity index (χ0) is 18.1. The van der Waals surface area contributed by atoms with Crippen molar-refractivity contribution in [2.45, 2.75) is 6.42 Å². The summed E-state index contributed by atoms with van der Waals surface area (Å²) < 4.78 is 13.9. The van der Waals surface area contributed by atoms with Crippen molar-refractivity contribution in [3.05, 3.63) is 57.3 Å². The molecule has 0 bridgehead atoms. The van der Waals surface area contributed by atoms with Crippen LogP contribution in [0.15, 0.2) is 36.4 Å². The first kappa shape index (κ1) is 18.0. The van der Waals surface area contributed by atoms with E-state index in [0.717, 1.165) is 0 Å². The first-order chi connectivity index (χ1) is 11.9. The summed E-state index contributed by atoms with van der Waals surface area (Å²) in [5.41, 5.74) is 0.466. The molecule has 0 aromatic heterocycles. The van der Waals surface area contributed by atoms with E-state index < -0.39 is 17.6 Å². The highest BCUT2D eigenvalue weighted by atomic mass is 35.5. The number of nitrogens with one attached hydrogen (secondary N) is 1. The average Bonchev–Trinajstić information content (AvgIpc) is 2.95. The molecule has 1 aliphatic heterocycles. The molecule has 2 amide bonds. The van der Waals surface area contributed by atoms with Gasteiger partial charge in [-0.05, 0) is 24.3 Å². The summed E-state index contributed by atoms with van der Waals surface area (Å²) in [6, 6.07) is 8.81. The molecule has 1 heterocycles. The van der Waals surface area contributed by atoms with Crippen molar-refractivity contribution in [2.24, 2.45) is 5.92 Å². The van der Waals surface area contributed by atoms with Crippen molar-refractivity contribution in [3.8, 4) is 0 Å². The molecule has 0 radical (unpaired) electrons. The number of benzene rings is 2. The number of amides is 2. The van der Waals surface area contributed by atoms with E-state index in [1.54, 1.807) is 6.07 Å². The molecule has 0 aliphatic carbocycles. The molecule has 2 aromatic carbocycles. The highest BCUT2D eigenvalue weighted by Gasteiger charge is 2.36. The Morgan fingerprint density at radius 2 is 1.80 bits per heavy atom. The lowest BCUT2D eigenvalue weighted by Crippen LogP contribution is -2.28. The van der Waals surface area contributed by atoms with Gasteiger partial charge in [-0.1, -0.05) is 46.9 Å². The monoisotopic (exact) mass is 400 g/mol.